The number of hydrazone groups is 1. The van der Waals surface area contributed by atoms with Gasteiger partial charge in [0.15, 0.2) is 0 Å². The quantitative estimate of drug-likeness (QED) is 0.802. The van der Waals surface area contributed by atoms with Crippen LogP contribution in [0.25, 0.3) is 0 Å². The van der Waals surface area contributed by atoms with Crippen LogP contribution in [0.15, 0.2) is 47.6 Å². The van der Waals surface area contributed by atoms with Crippen molar-refractivity contribution in [2.75, 3.05) is 20.5 Å². The van der Waals surface area contributed by atoms with E-state index < -0.39 is 21.9 Å². The number of halogens is 1. The number of ether oxygens (including phenoxy) is 2. The average molecular weight is 378 g/mol. The zero-order valence-electron chi connectivity index (χ0n) is 14.6. The van der Waals surface area contributed by atoms with Gasteiger partial charge in [0.25, 0.3) is 0 Å². The van der Waals surface area contributed by atoms with Crippen molar-refractivity contribution in [3.8, 4) is 11.5 Å². The van der Waals surface area contributed by atoms with E-state index in [4.69, 9.17) is 9.47 Å². The molecule has 0 saturated heterocycles. The van der Waals surface area contributed by atoms with E-state index >= 15 is 0 Å². The number of hydrogen-bond donors (Lipinski definition) is 0. The Labute approximate surface area is 151 Å². The number of nitrogens with zero attached hydrogens (tertiary/aromatic N) is 2. The van der Waals surface area contributed by atoms with Crippen LogP contribution in [0, 0.1) is 5.82 Å². The molecular weight excluding hydrogens is 359 g/mol. The van der Waals surface area contributed by atoms with Gasteiger partial charge in [-0.15, -0.1) is 0 Å². The van der Waals surface area contributed by atoms with Gasteiger partial charge in [0.2, 0.25) is 10.0 Å². The summed E-state index contributed by atoms with van der Waals surface area (Å²) in [5.41, 5.74) is 1.32. The average Bonchev–Trinajstić information content (AvgIpc) is 3.07. The largest absolute Gasteiger partial charge is 0.497 e. The summed E-state index contributed by atoms with van der Waals surface area (Å²) in [5, 5.41) is 4.20. The minimum atomic E-state index is -3.65. The minimum Gasteiger partial charge on any atom is -0.497 e. The molecule has 1 aliphatic heterocycles. The molecule has 0 amide bonds. The van der Waals surface area contributed by atoms with Crippen LogP contribution in [0.4, 0.5) is 4.39 Å². The van der Waals surface area contributed by atoms with Gasteiger partial charge < -0.3 is 9.47 Å². The second kappa shape index (κ2) is 6.95. The molecule has 0 spiro atoms. The number of sulfonamides is 1. The lowest BCUT2D eigenvalue weighted by Gasteiger charge is -2.22. The molecule has 0 bridgehead atoms. The maximum Gasteiger partial charge on any atom is 0.247 e. The molecule has 6 nitrogen and oxygen atoms in total. The van der Waals surface area contributed by atoms with Gasteiger partial charge in [-0.3, -0.25) is 0 Å². The van der Waals surface area contributed by atoms with Crippen LogP contribution >= 0.6 is 0 Å². The van der Waals surface area contributed by atoms with Crippen LogP contribution < -0.4 is 9.47 Å². The highest BCUT2D eigenvalue weighted by molar-refractivity contribution is 7.88. The molecule has 0 fully saturated rings. The summed E-state index contributed by atoms with van der Waals surface area (Å²) in [6.45, 7) is 0. The Morgan fingerprint density at radius 1 is 1.12 bits per heavy atom. The third-order valence-electron chi connectivity index (χ3n) is 4.16. The van der Waals surface area contributed by atoms with Crippen molar-refractivity contribution in [2.45, 2.75) is 12.5 Å². The lowest BCUT2D eigenvalue weighted by Crippen LogP contribution is -2.26. The second-order valence-electron chi connectivity index (χ2n) is 5.93. The van der Waals surface area contributed by atoms with Crippen molar-refractivity contribution in [3.63, 3.8) is 0 Å². The Balaban J connectivity index is 2.07. The van der Waals surface area contributed by atoms with Crippen LogP contribution in [-0.4, -0.2) is 39.0 Å². The van der Waals surface area contributed by atoms with Gasteiger partial charge >= 0.3 is 0 Å². The molecule has 1 heterocycles. The lowest BCUT2D eigenvalue weighted by atomic mass is 9.98. The van der Waals surface area contributed by atoms with Gasteiger partial charge in [-0.05, 0) is 23.8 Å². The maximum atomic E-state index is 14.1. The number of rotatable bonds is 5. The summed E-state index contributed by atoms with van der Waals surface area (Å²) >= 11 is 0. The van der Waals surface area contributed by atoms with Crippen molar-refractivity contribution in [1.29, 1.82) is 0 Å². The molecule has 1 unspecified atom stereocenters. The third kappa shape index (κ3) is 3.50. The van der Waals surface area contributed by atoms with Gasteiger partial charge in [-0.1, -0.05) is 18.2 Å². The second-order valence-corrected chi connectivity index (χ2v) is 7.77. The van der Waals surface area contributed by atoms with Crippen molar-refractivity contribution in [2.24, 2.45) is 5.10 Å². The normalized spacial score (nSPS) is 17.2. The van der Waals surface area contributed by atoms with Crippen molar-refractivity contribution >= 4 is 15.7 Å². The monoisotopic (exact) mass is 378 g/mol. The fourth-order valence-electron chi connectivity index (χ4n) is 2.92. The fraction of sp³-hybridized carbons (Fsp3) is 0.278. The molecule has 1 aliphatic rings. The van der Waals surface area contributed by atoms with E-state index in [9.17, 15) is 12.8 Å². The molecule has 0 aliphatic carbocycles. The van der Waals surface area contributed by atoms with E-state index in [1.807, 2.05) is 0 Å². The van der Waals surface area contributed by atoms with E-state index in [0.717, 1.165) is 10.7 Å². The molecule has 8 heteroatoms. The first kappa shape index (κ1) is 18.2. The molecule has 0 saturated carbocycles. The van der Waals surface area contributed by atoms with E-state index in [2.05, 4.69) is 5.10 Å². The highest BCUT2D eigenvalue weighted by Crippen LogP contribution is 2.38. The van der Waals surface area contributed by atoms with Crippen molar-refractivity contribution in [1.82, 2.24) is 4.41 Å². The zero-order chi connectivity index (χ0) is 18.9. The molecule has 2 aromatic rings. The molecular formula is C18H19FN2O4S. The molecule has 2 aromatic carbocycles. The van der Waals surface area contributed by atoms with E-state index in [-0.39, 0.29) is 6.42 Å². The summed E-state index contributed by atoms with van der Waals surface area (Å²) in [5.74, 6) is 0.628. The Morgan fingerprint density at radius 2 is 1.73 bits per heavy atom. The van der Waals surface area contributed by atoms with Crippen LogP contribution in [-0.2, 0) is 10.0 Å². The van der Waals surface area contributed by atoms with Crippen molar-refractivity contribution < 1.29 is 22.3 Å². The Bertz CT molecular complexity index is 937. The highest BCUT2D eigenvalue weighted by atomic mass is 32.2. The summed E-state index contributed by atoms with van der Waals surface area (Å²) in [6, 6.07) is 10.7. The summed E-state index contributed by atoms with van der Waals surface area (Å²) in [4.78, 5) is 0. The minimum absolute atomic E-state index is 0.240. The predicted octanol–water partition coefficient (Wildman–Crippen LogP) is 2.95. The molecule has 3 rings (SSSR count). The lowest BCUT2D eigenvalue weighted by molar-refractivity contribution is 0.364. The first-order valence-corrected chi connectivity index (χ1v) is 9.73. The van der Waals surface area contributed by atoms with Gasteiger partial charge in [0.05, 0.1) is 32.2 Å². The van der Waals surface area contributed by atoms with Gasteiger partial charge in [-0.2, -0.15) is 9.52 Å². The fourth-order valence-corrected chi connectivity index (χ4v) is 3.83. The highest BCUT2D eigenvalue weighted by Gasteiger charge is 2.35. The van der Waals surface area contributed by atoms with E-state index in [0.29, 0.717) is 28.3 Å². The first-order valence-electron chi connectivity index (χ1n) is 7.88. The third-order valence-corrected chi connectivity index (χ3v) is 5.17. The zero-order valence-corrected chi connectivity index (χ0v) is 15.5. The Morgan fingerprint density at radius 3 is 2.27 bits per heavy atom. The smallest absolute Gasteiger partial charge is 0.247 e. The number of hydrogen-bond acceptors (Lipinski definition) is 5. The summed E-state index contributed by atoms with van der Waals surface area (Å²) in [6.07, 6.45) is 1.32. The summed E-state index contributed by atoms with van der Waals surface area (Å²) in [7, 11) is -0.618. The Hall–Kier alpha value is -2.61. The molecule has 0 aromatic heterocycles. The number of benzene rings is 2. The van der Waals surface area contributed by atoms with Gasteiger partial charge in [-0.25, -0.2) is 12.8 Å². The molecule has 1 atom stereocenters. The van der Waals surface area contributed by atoms with Gasteiger partial charge in [0.1, 0.15) is 17.3 Å². The molecule has 0 radical (unpaired) electrons. The topological polar surface area (TPSA) is 68.2 Å². The predicted molar refractivity (Wildman–Crippen MR) is 96.5 cm³/mol. The van der Waals surface area contributed by atoms with E-state index in [1.165, 1.54) is 20.3 Å². The molecule has 26 heavy (non-hydrogen) atoms. The van der Waals surface area contributed by atoms with Crippen LogP contribution in [0.5, 0.6) is 11.5 Å². The van der Waals surface area contributed by atoms with Crippen molar-refractivity contribution in [3.05, 3.63) is 59.4 Å². The summed E-state index contributed by atoms with van der Waals surface area (Å²) < 4.78 is 50.2. The van der Waals surface area contributed by atoms with Crippen LogP contribution in [0.3, 0.4) is 0 Å². The van der Waals surface area contributed by atoms with Crippen LogP contribution in [0.2, 0.25) is 0 Å². The molecule has 0 N–H and O–H groups in total. The Kier molecular flexibility index (Phi) is 4.86. The maximum absolute atomic E-state index is 14.1. The van der Waals surface area contributed by atoms with Crippen LogP contribution in [0.1, 0.15) is 23.6 Å². The first-order chi connectivity index (χ1) is 12.3. The van der Waals surface area contributed by atoms with Gasteiger partial charge in [0, 0.05) is 18.1 Å². The SMILES string of the molecule is COc1cc(OC)cc(C2CC(c3ccccc3F)=NN2S(C)(=O)=O)c1. The standard InChI is InChI=1S/C18H19FN2O4S/c1-24-13-8-12(9-14(10-13)25-2)18-11-17(20-21(18)26(3,22)23)15-6-4-5-7-16(15)19/h4-10,18H,11H2,1-3H3. The van der Waals surface area contributed by atoms with E-state index in [1.54, 1.807) is 36.4 Å². The number of methoxy groups -OCH3 is 2. The molecule has 138 valence electrons.